The molecule has 1 unspecified atom stereocenters. The number of thiophene rings is 2. The number of aromatic hydroxyl groups is 1. The number of alkyl halides is 3. The van der Waals surface area contributed by atoms with Gasteiger partial charge in [0.25, 0.3) is 0 Å². The molecule has 0 saturated heterocycles. The van der Waals surface area contributed by atoms with Crippen molar-refractivity contribution in [3.8, 4) is 15.5 Å². The third-order valence-electron chi connectivity index (χ3n) is 5.01. The van der Waals surface area contributed by atoms with Crippen LogP contribution in [0.3, 0.4) is 0 Å². The van der Waals surface area contributed by atoms with Crippen LogP contribution in [0.25, 0.3) is 9.75 Å². The number of aryl methyl sites for hydroxylation is 1. The number of rotatable bonds is 4. The Balaban J connectivity index is 1.94. The molecular formula is C23H17F3O2S2. The molecule has 7 heteroatoms. The molecule has 0 spiro atoms. The Morgan fingerprint density at radius 3 is 1.73 bits per heavy atom. The molecule has 0 aliphatic heterocycles. The van der Waals surface area contributed by atoms with Crippen LogP contribution in [0.2, 0.25) is 0 Å². The van der Waals surface area contributed by atoms with Gasteiger partial charge in [0.05, 0.1) is 15.3 Å². The zero-order valence-corrected chi connectivity index (χ0v) is 17.4. The quantitative estimate of drug-likeness (QED) is 0.362. The molecule has 154 valence electrons. The molecule has 0 radical (unpaired) electrons. The number of hydrogen-bond donors (Lipinski definition) is 2. The first-order valence-electron chi connectivity index (χ1n) is 9.03. The van der Waals surface area contributed by atoms with E-state index < -0.39 is 17.3 Å². The number of halogens is 3. The van der Waals surface area contributed by atoms with Crippen LogP contribution < -0.4 is 0 Å². The van der Waals surface area contributed by atoms with E-state index in [9.17, 15) is 23.4 Å². The molecule has 0 aliphatic rings. The molecule has 2 nitrogen and oxygen atoms in total. The molecule has 2 aromatic heterocycles. The van der Waals surface area contributed by atoms with Gasteiger partial charge in [-0.3, -0.25) is 0 Å². The van der Waals surface area contributed by atoms with Crippen LogP contribution in [0.4, 0.5) is 13.2 Å². The predicted molar refractivity (Wildman–Crippen MR) is 114 cm³/mol. The summed E-state index contributed by atoms with van der Waals surface area (Å²) in [5.74, 6) is 0.0994. The van der Waals surface area contributed by atoms with Crippen LogP contribution in [-0.2, 0) is 11.8 Å². The van der Waals surface area contributed by atoms with E-state index in [0.29, 0.717) is 26.4 Å². The second-order valence-electron chi connectivity index (χ2n) is 6.95. The van der Waals surface area contributed by atoms with Crippen LogP contribution >= 0.6 is 22.7 Å². The maximum absolute atomic E-state index is 13.1. The molecule has 0 amide bonds. The first-order chi connectivity index (χ1) is 14.2. The summed E-state index contributed by atoms with van der Waals surface area (Å²) < 4.78 is 39.2. The van der Waals surface area contributed by atoms with E-state index in [1.165, 1.54) is 34.8 Å². The van der Waals surface area contributed by atoms with Gasteiger partial charge in [0.2, 0.25) is 0 Å². The van der Waals surface area contributed by atoms with E-state index >= 15 is 0 Å². The summed E-state index contributed by atoms with van der Waals surface area (Å²) in [7, 11) is 0. The molecule has 0 bridgehead atoms. The van der Waals surface area contributed by atoms with Gasteiger partial charge in [-0.1, -0.05) is 42.0 Å². The van der Waals surface area contributed by atoms with Crippen molar-refractivity contribution in [3.63, 3.8) is 0 Å². The van der Waals surface area contributed by atoms with Crippen LogP contribution in [-0.4, -0.2) is 10.2 Å². The van der Waals surface area contributed by atoms with Crippen molar-refractivity contribution in [3.05, 3.63) is 99.2 Å². The van der Waals surface area contributed by atoms with Crippen LogP contribution in [0.15, 0.2) is 71.4 Å². The monoisotopic (exact) mass is 446 g/mol. The van der Waals surface area contributed by atoms with E-state index in [2.05, 4.69) is 0 Å². The van der Waals surface area contributed by atoms with Crippen molar-refractivity contribution in [1.82, 2.24) is 0 Å². The standard InChI is InChI=1S/C23H17F3O2S2/c1-14-2-4-15(5-3-14)22(28,16-6-8-17(9-7-16)23(24,25)26)18-10-12-29-20(18)21-19(27)11-13-30-21/h2-13,27-28H,1H3. The van der Waals surface area contributed by atoms with Crippen molar-refractivity contribution in [2.24, 2.45) is 0 Å². The van der Waals surface area contributed by atoms with Gasteiger partial charge in [0.15, 0.2) is 0 Å². The lowest BCUT2D eigenvalue weighted by molar-refractivity contribution is -0.137. The molecule has 2 N–H and O–H groups in total. The molecule has 2 heterocycles. The molecule has 0 aliphatic carbocycles. The Morgan fingerprint density at radius 1 is 0.700 bits per heavy atom. The Kier molecular flexibility index (Phi) is 5.22. The zero-order chi connectivity index (χ0) is 21.5. The van der Waals surface area contributed by atoms with Crippen molar-refractivity contribution in [2.45, 2.75) is 18.7 Å². The summed E-state index contributed by atoms with van der Waals surface area (Å²) in [6, 6.07) is 15.1. The first-order valence-corrected chi connectivity index (χ1v) is 10.8. The molecule has 2 aromatic carbocycles. The van der Waals surface area contributed by atoms with Gasteiger partial charge in [-0.2, -0.15) is 13.2 Å². The lowest BCUT2D eigenvalue weighted by atomic mass is 9.80. The summed E-state index contributed by atoms with van der Waals surface area (Å²) >= 11 is 2.70. The average molecular weight is 447 g/mol. The minimum absolute atomic E-state index is 0.0994. The van der Waals surface area contributed by atoms with Crippen molar-refractivity contribution < 1.29 is 23.4 Å². The Hall–Kier alpha value is -2.61. The van der Waals surface area contributed by atoms with E-state index in [1.807, 2.05) is 19.1 Å². The van der Waals surface area contributed by atoms with E-state index in [0.717, 1.165) is 17.7 Å². The molecule has 30 heavy (non-hydrogen) atoms. The number of hydrogen-bond acceptors (Lipinski definition) is 4. The maximum Gasteiger partial charge on any atom is 0.416 e. The van der Waals surface area contributed by atoms with Gasteiger partial charge >= 0.3 is 6.18 Å². The van der Waals surface area contributed by atoms with Gasteiger partial charge in [0.1, 0.15) is 11.4 Å². The second kappa shape index (κ2) is 7.58. The zero-order valence-electron chi connectivity index (χ0n) is 15.8. The summed E-state index contributed by atoms with van der Waals surface area (Å²) in [6.07, 6.45) is -4.46. The fraction of sp³-hybridized carbons (Fsp3) is 0.130. The van der Waals surface area contributed by atoms with Crippen molar-refractivity contribution >= 4 is 22.7 Å². The molecular weight excluding hydrogens is 429 g/mol. The molecule has 1 atom stereocenters. The average Bonchev–Trinajstić information content (AvgIpc) is 3.36. The molecule has 0 fully saturated rings. The van der Waals surface area contributed by atoms with Gasteiger partial charge < -0.3 is 10.2 Å². The maximum atomic E-state index is 13.1. The first kappa shape index (κ1) is 20.7. The van der Waals surface area contributed by atoms with Crippen molar-refractivity contribution in [2.75, 3.05) is 0 Å². The molecule has 4 rings (SSSR count). The van der Waals surface area contributed by atoms with Crippen molar-refractivity contribution in [1.29, 1.82) is 0 Å². The Morgan fingerprint density at radius 2 is 1.20 bits per heavy atom. The molecule has 4 aromatic rings. The van der Waals surface area contributed by atoms with Gasteiger partial charge in [-0.25, -0.2) is 0 Å². The van der Waals surface area contributed by atoms with Gasteiger partial charge in [0, 0.05) is 5.56 Å². The molecule has 0 saturated carbocycles. The van der Waals surface area contributed by atoms with E-state index in [1.54, 1.807) is 35.0 Å². The highest BCUT2D eigenvalue weighted by Gasteiger charge is 2.38. The largest absolute Gasteiger partial charge is 0.506 e. The van der Waals surface area contributed by atoms with E-state index in [-0.39, 0.29) is 5.75 Å². The topological polar surface area (TPSA) is 40.5 Å². The number of benzene rings is 2. The third kappa shape index (κ3) is 3.53. The highest BCUT2D eigenvalue weighted by Crippen LogP contribution is 2.48. The fourth-order valence-corrected chi connectivity index (χ4v) is 5.34. The summed E-state index contributed by atoms with van der Waals surface area (Å²) in [4.78, 5) is 1.28. The Labute approximate surface area is 179 Å². The summed E-state index contributed by atoms with van der Waals surface area (Å²) in [5.41, 5.74) is -0.120. The fourth-order valence-electron chi connectivity index (χ4n) is 3.42. The van der Waals surface area contributed by atoms with Crippen LogP contribution in [0, 0.1) is 6.92 Å². The lowest BCUT2D eigenvalue weighted by Gasteiger charge is -2.30. The Bertz CT molecular complexity index is 1160. The highest BCUT2D eigenvalue weighted by atomic mass is 32.1. The predicted octanol–water partition coefficient (Wildman–Crippen LogP) is 6.79. The van der Waals surface area contributed by atoms with E-state index in [4.69, 9.17) is 0 Å². The summed E-state index contributed by atoms with van der Waals surface area (Å²) in [5, 5.41) is 25.8. The summed E-state index contributed by atoms with van der Waals surface area (Å²) in [6.45, 7) is 1.92. The van der Waals surface area contributed by atoms with Crippen LogP contribution in [0.1, 0.15) is 27.8 Å². The van der Waals surface area contributed by atoms with Gasteiger partial charge in [-0.05, 0) is 53.1 Å². The SMILES string of the molecule is Cc1ccc(C(O)(c2ccc(C(F)(F)F)cc2)c2ccsc2-c2sccc2O)cc1. The van der Waals surface area contributed by atoms with Crippen LogP contribution in [0.5, 0.6) is 5.75 Å². The second-order valence-corrected chi connectivity index (χ2v) is 8.78. The lowest BCUT2D eigenvalue weighted by Crippen LogP contribution is -2.29. The minimum atomic E-state index is -4.46. The smallest absolute Gasteiger partial charge is 0.416 e. The normalized spacial score (nSPS) is 13.9. The van der Waals surface area contributed by atoms with Gasteiger partial charge in [-0.15, -0.1) is 22.7 Å². The number of aliphatic hydroxyl groups is 1. The highest BCUT2D eigenvalue weighted by molar-refractivity contribution is 7.20. The third-order valence-corrected chi connectivity index (χ3v) is 6.99. The minimum Gasteiger partial charge on any atom is -0.506 e.